The van der Waals surface area contributed by atoms with Crippen molar-refractivity contribution in [1.82, 2.24) is 15.6 Å². The van der Waals surface area contributed by atoms with Crippen LogP contribution in [0.1, 0.15) is 11.3 Å². The standard InChI is InChI=1S/C15H21N3/c1-11-13(6-7-16-8-12-9-17-10-12)14-4-2-3-5-15(14)18-11/h2-5,12,16-18H,6-10H2,1H3. The van der Waals surface area contributed by atoms with Gasteiger partial charge >= 0.3 is 0 Å². The molecule has 1 aromatic heterocycles. The van der Waals surface area contributed by atoms with Crippen LogP contribution in [0.4, 0.5) is 0 Å². The highest BCUT2D eigenvalue weighted by Gasteiger charge is 2.15. The quantitative estimate of drug-likeness (QED) is 0.701. The van der Waals surface area contributed by atoms with Gasteiger partial charge in [-0.15, -0.1) is 0 Å². The average molecular weight is 243 g/mol. The van der Waals surface area contributed by atoms with Crippen LogP contribution in [0, 0.1) is 12.8 Å². The molecule has 0 saturated carbocycles. The summed E-state index contributed by atoms with van der Waals surface area (Å²) in [6.07, 6.45) is 1.11. The average Bonchev–Trinajstić information content (AvgIpc) is 2.63. The van der Waals surface area contributed by atoms with Crippen LogP contribution < -0.4 is 10.6 Å². The fourth-order valence-corrected chi connectivity index (χ4v) is 2.67. The molecule has 0 aliphatic carbocycles. The van der Waals surface area contributed by atoms with Gasteiger partial charge in [-0.2, -0.15) is 0 Å². The van der Waals surface area contributed by atoms with Crippen LogP contribution in [0.15, 0.2) is 24.3 Å². The van der Waals surface area contributed by atoms with Crippen molar-refractivity contribution in [2.45, 2.75) is 13.3 Å². The first kappa shape index (κ1) is 11.8. The number of fused-ring (bicyclic) bond motifs is 1. The number of para-hydroxylation sites is 1. The van der Waals surface area contributed by atoms with Crippen LogP contribution in [0.3, 0.4) is 0 Å². The number of hydrogen-bond donors (Lipinski definition) is 3. The van der Waals surface area contributed by atoms with E-state index in [9.17, 15) is 0 Å². The van der Waals surface area contributed by atoms with Crippen LogP contribution in [0.5, 0.6) is 0 Å². The summed E-state index contributed by atoms with van der Waals surface area (Å²) in [5, 5.41) is 8.24. The first-order valence-corrected chi connectivity index (χ1v) is 6.82. The third-order valence-electron chi connectivity index (χ3n) is 3.88. The van der Waals surface area contributed by atoms with E-state index in [1.807, 2.05) is 0 Å². The fourth-order valence-electron chi connectivity index (χ4n) is 2.67. The lowest BCUT2D eigenvalue weighted by Gasteiger charge is -2.27. The van der Waals surface area contributed by atoms with Crippen molar-refractivity contribution in [2.75, 3.05) is 26.2 Å². The Bertz CT molecular complexity index is 526. The van der Waals surface area contributed by atoms with Gasteiger partial charge < -0.3 is 15.6 Å². The molecule has 1 aliphatic rings. The number of benzene rings is 1. The number of aryl methyl sites for hydroxylation is 1. The van der Waals surface area contributed by atoms with Gasteiger partial charge in [0.25, 0.3) is 0 Å². The summed E-state index contributed by atoms with van der Waals surface area (Å²) in [4.78, 5) is 3.46. The molecule has 2 aromatic rings. The summed E-state index contributed by atoms with van der Waals surface area (Å²) >= 11 is 0. The first-order valence-electron chi connectivity index (χ1n) is 6.82. The van der Waals surface area contributed by atoms with Crippen molar-refractivity contribution in [3.05, 3.63) is 35.5 Å². The normalized spacial score (nSPS) is 16.1. The van der Waals surface area contributed by atoms with E-state index < -0.39 is 0 Å². The van der Waals surface area contributed by atoms with Gasteiger partial charge in [-0.05, 0) is 37.4 Å². The summed E-state index contributed by atoms with van der Waals surface area (Å²) < 4.78 is 0. The molecule has 1 aliphatic heterocycles. The molecule has 0 amide bonds. The molecule has 0 radical (unpaired) electrons. The van der Waals surface area contributed by atoms with Gasteiger partial charge in [0, 0.05) is 36.2 Å². The molecule has 96 valence electrons. The molecule has 0 atom stereocenters. The Morgan fingerprint density at radius 2 is 2.11 bits per heavy atom. The molecule has 3 nitrogen and oxygen atoms in total. The lowest BCUT2D eigenvalue weighted by atomic mass is 10.0. The summed E-state index contributed by atoms with van der Waals surface area (Å²) in [5.41, 5.74) is 4.03. The van der Waals surface area contributed by atoms with Gasteiger partial charge in [0.1, 0.15) is 0 Å². The summed E-state index contributed by atoms with van der Waals surface area (Å²) in [6, 6.07) is 8.57. The number of aromatic nitrogens is 1. The minimum absolute atomic E-state index is 0.842. The Morgan fingerprint density at radius 3 is 2.89 bits per heavy atom. The van der Waals surface area contributed by atoms with Gasteiger partial charge in [-0.1, -0.05) is 18.2 Å². The molecule has 2 heterocycles. The van der Waals surface area contributed by atoms with Gasteiger partial charge in [0.2, 0.25) is 0 Å². The highest BCUT2D eigenvalue weighted by Crippen LogP contribution is 2.21. The second kappa shape index (κ2) is 5.12. The molecule has 0 bridgehead atoms. The molecule has 3 rings (SSSR count). The number of nitrogens with one attached hydrogen (secondary N) is 3. The topological polar surface area (TPSA) is 39.9 Å². The molecule has 1 saturated heterocycles. The molecule has 18 heavy (non-hydrogen) atoms. The van der Waals surface area contributed by atoms with E-state index in [1.54, 1.807) is 0 Å². The van der Waals surface area contributed by atoms with E-state index in [0.717, 1.165) is 25.4 Å². The van der Waals surface area contributed by atoms with E-state index in [1.165, 1.54) is 35.2 Å². The Morgan fingerprint density at radius 1 is 1.28 bits per heavy atom. The zero-order chi connectivity index (χ0) is 12.4. The third-order valence-corrected chi connectivity index (χ3v) is 3.88. The highest BCUT2D eigenvalue weighted by molar-refractivity contribution is 5.84. The summed E-state index contributed by atoms with van der Waals surface area (Å²) in [7, 11) is 0. The van der Waals surface area contributed by atoms with Crippen molar-refractivity contribution in [1.29, 1.82) is 0 Å². The lowest BCUT2D eigenvalue weighted by Crippen LogP contribution is -2.47. The second-order valence-electron chi connectivity index (χ2n) is 5.25. The Kier molecular flexibility index (Phi) is 3.35. The van der Waals surface area contributed by atoms with E-state index in [0.29, 0.717) is 0 Å². The van der Waals surface area contributed by atoms with E-state index >= 15 is 0 Å². The minimum Gasteiger partial charge on any atom is -0.358 e. The maximum atomic E-state index is 3.56. The maximum Gasteiger partial charge on any atom is 0.0458 e. The predicted octanol–water partition coefficient (Wildman–Crippen LogP) is 1.83. The second-order valence-corrected chi connectivity index (χ2v) is 5.25. The molecule has 0 spiro atoms. The Labute approximate surface area is 108 Å². The fraction of sp³-hybridized carbons (Fsp3) is 0.467. The SMILES string of the molecule is Cc1[nH]c2ccccc2c1CCNCC1CNC1. The van der Waals surface area contributed by atoms with Crippen molar-refractivity contribution >= 4 is 10.9 Å². The van der Waals surface area contributed by atoms with Gasteiger partial charge in [-0.3, -0.25) is 0 Å². The van der Waals surface area contributed by atoms with Crippen LogP contribution in [-0.4, -0.2) is 31.2 Å². The van der Waals surface area contributed by atoms with E-state index in [-0.39, 0.29) is 0 Å². The molecule has 1 fully saturated rings. The minimum atomic E-state index is 0.842. The number of rotatable bonds is 5. The van der Waals surface area contributed by atoms with Crippen molar-refractivity contribution in [3.8, 4) is 0 Å². The Hall–Kier alpha value is -1.32. The molecular weight excluding hydrogens is 222 g/mol. The lowest BCUT2D eigenvalue weighted by molar-refractivity contribution is 0.333. The monoisotopic (exact) mass is 243 g/mol. The molecular formula is C15H21N3. The van der Waals surface area contributed by atoms with Crippen molar-refractivity contribution in [2.24, 2.45) is 5.92 Å². The summed E-state index contributed by atoms with van der Waals surface area (Å²) in [5.74, 6) is 0.842. The summed E-state index contributed by atoms with van der Waals surface area (Å²) in [6.45, 7) is 6.75. The molecule has 3 heteroatoms. The van der Waals surface area contributed by atoms with Crippen LogP contribution in [0.2, 0.25) is 0 Å². The molecule has 0 unspecified atom stereocenters. The van der Waals surface area contributed by atoms with Gasteiger partial charge in [0.15, 0.2) is 0 Å². The number of H-pyrrole nitrogens is 1. The van der Waals surface area contributed by atoms with Crippen molar-refractivity contribution in [3.63, 3.8) is 0 Å². The van der Waals surface area contributed by atoms with Crippen molar-refractivity contribution < 1.29 is 0 Å². The smallest absolute Gasteiger partial charge is 0.0458 e. The molecule has 1 aromatic carbocycles. The number of hydrogen-bond acceptors (Lipinski definition) is 2. The van der Waals surface area contributed by atoms with Gasteiger partial charge in [-0.25, -0.2) is 0 Å². The zero-order valence-corrected chi connectivity index (χ0v) is 10.9. The highest BCUT2D eigenvalue weighted by atomic mass is 15.0. The number of aromatic amines is 1. The van der Waals surface area contributed by atoms with Crippen LogP contribution >= 0.6 is 0 Å². The zero-order valence-electron chi connectivity index (χ0n) is 10.9. The van der Waals surface area contributed by atoms with E-state index in [2.05, 4.69) is 46.8 Å². The third kappa shape index (κ3) is 2.28. The predicted molar refractivity (Wildman–Crippen MR) is 76.0 cm³/mol. The van der Waals surface area contributed by atoms with Gasteiger partial charge in [0.05, 0.1) is 0 Å². The van der Waals surface area contributed by atoms with Crippen LogP contribution in [0.25, 0.3) is 10.9 Å². The maximum absolute atomic E-state index is 3.56. The molecule has 3 N–H and O–H groups in total. The van der Waals surface area contributed by atoms with E-state index in [4.69, 9.17) is 0 Å². The Balaban J connectivity index is 1.61. The van der Waals surface area contributed by atoms with Crippen LogP contribution in [-0.2, 0) is 6.42 Å². The first-order chi connectivity index (χ1) is 8.84. The largest absolute Gasteiger partial charge is 0.358 e.